The number of carbonyl (C=O) groups excluding carboxylic acids is 5. The number of benzene rings is 1. The van der Waals surface area contributed by atoms with Crippen LogP contribution in [0.5, 0.6) is 5.75 Å². The zero-order chi connectivity index (χ0) is 33.2. The molecule has 5 amide bonds. The van der Waals surface area contributed by atoms with Crippen LogP contribution in [-0.2, 0) is 19.2 Å². The highest BCUT2D eigenvalue weighted by atomic mass is 16.5. The van der Waals surface area contributed by atoms with Gasteiger partial charge in [-0.1, -0.05) is 118 Å². The number of nitrogens with one attached hydrogen (secondary N) is 3. The molecule has 1 aliphatic heterocycles. The number of hydrogen-bond acceptors (Lipinski definition) is 6. The molecule has 1 saturated heterocycles. The van der Waals surface area contributed by atoms with Crippen LogP contribution in [0, 0.1) is 5.41 Å². The molecule has 252 valence electrons. The van der Waals surface area contributed by atoms with Crippen LogP contribution in [0.4, 0.5) is 16.2 Å². The van der Waals surface area contributed by atoms with Gasteiger partial charge in [0.1, 0.15) is 5.75 Å². The minimum atomic E-state index is -1.66. The molecule has 0 bridgehead atoms. The standard InChI is InChI=1S/C35H56N4O6/c1-6-7-8-9-10-11-12-13-14-15-16-17-18-19-20-21-29(40)37-26-22-23-28(45-5)27(24-26)38-33(43)31(32(42)35(2,3)4)39-30(41)25-36-34(39)44/h22-24,31H,6-21,25H2,1-5H3,(H,36,44)(H,37,40)(H,38,43). The normalized spacial score (nSPS) is 13.8. The number of nitrogens with zero attached hydrogens (tertiary/aromatic N) is 1. The molecule has 1 aliphatic rings. The van der Waals surface area contributed by atoms with E-state index in [1.165, 1.54) is 90.2 Å². The number of Topliss-reactive ketones (excluding diaryl/α,β-unsaturated/α-hetero) is 1. The number of ketones is 1. The summed E-state index contributed by atoms with van der Waals surface area (Å²) >= 11 is 0. The summed E-state index contributed by atoms with van der Waals surface area (Å²) in [5.41, 5.74) is -0.352. The Morgan fingerprint density at radius 2 is 1.38 bits per heavy atom. The van der Waals surface area contributed by atoms with Crippen molar-refractivity contribution < 1.29 is 28.7 Å². The zero-order valence-electron chi connectivity index (χ0n) is 28.2. The molecule has 45 heavy (non-hydrogen) atoms. The van der Waals surface area contributed by atoms with Gasteiger partial charge in [0.25, 0.3) is 11.8 Å². The van der Waals surface area contributed by atoms with Gasteiger partial charge in [-0.2, -0.15) is 0 Å². The minimum Gasteiger partial charge on any atom is -0.495 e. The van der Waals surface area contributed by atoms with Gasteiger partial charge in [-0.25, -0.2) is 9.69 Å². The second kappa shape index (κ2) is 19.9. The molecule has 1 atom stereocenters. The number of carbonyl (C=O) groups is 5. The van der Waals surface area contributed by atoms with Crippen molar-refractivity contribution >= 4 is 40.9 Å². The van der Waals surface area contributed by atoms with Gasteiger partial charge in [0.2, 0.25) is 5.91 Å². The number of ether oxygens (including phenoxy) is 1. The van der Waals surface area contributed by atoms with Crippen LogP contribution in [0.2, 0.25) is 0 Å². The number of methoxy groups -OCH3 is 1. The molecule has 10 nitrogen and oxygen atoms in total. The Kier molecular flexibility index (Phi) is 16.7. The summed E-state index contributed by atoms with van der Waals surface area (Å²) in [6.45, 7) is 6.81. The first-order chi connectivity index (χ1) is 21.5. The van der Waals surface area contributed by atoms with Crippen molar-refractivity contribution in [2.24, 2.45) is 5.41 Å². The molecule has 0 radical (unpaired) electrons. The smallest absolute Gasteiger partial charge is 0.325 e. The second-order valence-corrected chi connectivity index (χ2v) is 13.1. The maximum absolute atomic E-state index is 13.4. The number of anilines is 2. The van der Waals surface area contributed by atoms with Crippen LogP contribution in [0.3, 0.4) is 0 Å². The summed E-state index contributed by atoms with van der Waals surface area (Å²) in [5, 5.41) is 7.86. The van der Waals surface area contributed by atoms with E-state index in [2.05, 4.69) is 22.9 Å². The molecular weight excluding hydrogens is 572 g/mol. The molecule has 3 N–H and O–H groups in total. The summed E-state index contributed by atoms with van der Waals surface area (Å²) < 4.78 is 5.37. The molecule has 0 aromatic heterocycles. The molecule has 1 fully saturated rings. The molecule has 0 saturated carbocycles. The van der Waals surface area contributed by atoms with Crippen molar-refractivity contribution in [2.45, 2.75) is 136 Å². The number of imide groups is 1. The molecule has 2 rings (SSSR count). The fraction of sp³-hybridized carbons (Fsp3) is 0.686. The van der Waals surface area contributed by atoms with Gasteiger partial charge in [-0.15, -0.1) is 0 Å². The van der Waals surface area contributed by atoms with Gasteiger partial charge in [0.15, 0.2) is 11.8 Å². The average molecular weight is 629 g/mol. The van der Waals surface area contributed by atoms with E-state index in [-0.39, 0.29) is 18.1 Å². The van der Waals surface area contributed by atoms with E-state index in [1.54, 1.807) is 32.9 Å². The predicted octanol–water partition coefficient (Wildman–Crippen LogP) is 7.37. The van der Waals surface area contributed by atoms with E-state index in [4.69, 9.17) is 4.74 Å². The van der Waals surface area contributed by atoms with Crippen molar-refractivity contribution in [3.8, 4) is 5.75 Å². The van der Waals surface area contributed by atoms with Gasteiger partial charge >= 0.3 is 6.03 Å². The predicted molar refractivity (Wildman–Crippen MR) is 178 cm³/mol. The van der Waals surface area contributed by atoms with E-state index in [1.807, 2.05) is 0 Å². The molecule has 0 spiro atoms. The van der Waals surface area contributed by atoms with Gasteiger partial charge in [-0.05, 0) is 24.6 Å². The average Bonchev–Trinajstić information content (AvgIpc) is 3.32. The second-order valence-electron chi connectivity index (χ2n) is 13.1. The van der Waals surface area contributed by atoms with Crippen LogP contribution in [-0.4, -0.2) is 54.1 Å². The Morgan fingerprint density at radius 3 is 1.84 bits per heavy atom. The molecule has 1 aromatic carbocycles. The Morgan fingerprint density at radius 1 is 0.844 bits per heavy atom. The zero-order valence-corrected chi connectivity index (χ0v) is 28.2. The van der Waals surface area contributed by atoms with Gasteiger partial charge < -0.3 is 20.7 Å². The SMILES string of the molecule is CCCCCCCCCCCCCCCCCC(=O)Nc1ccc(OC)c(NC(=O)C(C(=O)C(C)(C)C)N2C(=O)CNC2=O)c1. The summed E-state index contributed by atoms with van der Waals surface area (Å²) in [4.78, 5) is 64.6. The van der Waals surface area contributed by atoms with E-state index >= 15 is 0 Å². The van der Waals surface area contributed by atoms with Crippen molar-refractivity contribution in [1.82, 2.24) is 10.2 Å². The van der Waals surface area contributed by atoms with Crippen LogP contribution in [0.25, 0.3) is 0 Å². The molecule has 0 aliphatic carbocycles. The Balaban J connectivity index is 1.79. The lowest BCUT2D eigenvalue weighted by atomic mass is 9.85. The van der Waals surface area contributed by atoms with Crippen molar-refractivity contribution in [3.05, 3.63) is 18.2 Å². The first-order valence-electron chi connectivity index (χ1n) is 16.9. The molecule has 1 heterocycles. The van der Waals surface area contributed by atoms with E-state index < -0.39 is 35.1 Å². The highest BCUT2D eigenvalue weighted by Crippen LogP contribution is 2.30. The quantitative estimate of drug-likeness (QED) is 0.0697. The highest BCUT2D eigenvalue weighted by Gasteiger charge is 2.46. The molecule has 1 unspecified atom stereocenters. The van der Waals surface area contributed by atoms with Crippen LogP contribution < -0.4 is 20.7 Å². The molecule has 10 heteroatoms. The van der Waals surface area contributed by atoms with Crippen LogP contribution in [0.1, 0.15) is 130 Å². The number of amides is 5. The summed E-state index contributed by atoms with van der Waals surface area (Å²) in [5.74, 6) is -1.93. The maximum Gasteiger partial charge on any atom is 0.325 e. The minimum absolute atomic E-state index is 0.132. The lowest BCUT2D eigenvalue weighted by Crippen LogP contribution is -2.55. The summed E-state index contributed by atoms with van der Waals surface area (Å²) in [7, 11) is 1.43. The first-order valence-corrected chi connectivity index (χ1v) is 16.9. The van der Waals surface area contributed by atoms with Crippen LogP contribution in [0.15, 0.2) is 18.2 Å². The van der Waals surface area contributed by atoms with E-state index in [0.29, 0.717) is 22.8 Å². The van der Waals surface area contributed by atoms with E-state index in [0.717, 1.165) is 19.3 Å². The lowest BCUT2D eigenvalue weighted by molar-refractivity contribution is -0.143. The number of urea groups is 1. The third-order valence-corrected chi connectivity index (χ3v) is 8.12. The van der Waals surface area contributed by atoms with Gasteiger partial charge in [0, 0.05) is 17.5 Å². The van der Waals surface area contributed by atoms with Gasteiger partial charge in [-0.3, -0.25) is 19.2 Å². The molecule has 1 aromatic rings. The van der Waals surface area contributed by atoms with Gasteiger partial charge in [0.05, 0.1) is 19.3 Å². The molecular formula is C35H56N4O6. The first kappa shape index (κ1) is 37.8. The monoisotopic (exact) mass is 628 g/mol. The number of unbranched alkanes of at least 4 members (excludes halogenated alkanes) is 14. The summed E-state index contributed by atoms with van der Waals surface area (Å²) in [6, 6.07) is 2.32. The third-order valence-electron chi connectivity index (χ3n) is 8.12. The van der Waals surface area contributed by atoms with Crippen molar-refractivity contribution in [3.63, 3.8) is 0 Å². The fourth-order valence-corrected chi connectivity index (χ4v) is 5.42. The Bertz CT molecular complexity index is 1110. The van der Waals surface area contributed by atoms with Crippen LogP contribution >= 0.6 is 0 Å². The van der Waals surface area contributed by atoms with Crippen molar-refractivity contribution in [1.29, 1.82) is 0 Å². The highest BCUT2D eigenvalue weighted by molar-refractivity contribution is 6.19. The summed E-state index contributed by atoms with van der Waals surface area (Å²) in [6.07, 6.45) is 19.3. The van der Waals surface area contributed by atoms with E-state index in [9.17, 15) is 24.0 Å². The third kappa shape index (κ3) is 13.2. The number of rotatable bonds is 22. The largest absolute Gasteiger partial charge is 0.495 e. The Hall–Kier alpha value is -3.43. The maximum atomic E-state index is 13.4. The Labute approximate surface area is 269 Å². The van der Waals surface area contributed by atoms with Crippen molar-refractivity contribution in [2.75, 3.05) is 24.3 Å². The topological polar surface area (TPSA) is 134 Å². The fourth-order valence-electron chi connectivity index (χ4n) is 5.42. The lowest BCUT2D eigenvalue weighted by Gasteiger charge is -2.29. The number of hydrogen-bond donors (Lipinski definition) is 3.